The fourth-order valence-corrected chi connectivity index (χ4v) is 4.63. The zero-order chi connectivity index (χ0) is 27.2. The van der Waals surface area contributed by atoms with Crippen molar-refractivity contribution in [1.82, 2.24) is 10.1 Å². The van der Waals surface area contributed by atoms with E-state index in [2.05, 4.69) is 20.8 Å². The zero-order valence-electron chi connectivity index (χ0n) is 21.4. The van der Waals surface area contributed by atoms with E-state index in [0.29, 0.717) is 41.4 Å². The lowest BCUT2D eigenvalue weighted by atomic mass is 9.78. The molecule has 0 aliphatic heterocycles. The number of methoxy groups -OCH3 is 1. The van der Waals surface area contributed by atoms with E-state index in [1.165, 1.54) is 6.20 Å². The minimum atomic E-state index is -0.949. The summed E-state index contributed by atoms with van der Waals surface area (Å²) in [5, 5.41) is 18.8. The Bertz CT molecular complexity index is 1310. The fourth-order valence-electron chi connectivity index (χ4n) is 4.63. The number of benzene rings is 1. The highest BCUT2D eigenvalue weighted by Crippen LogP contribution is 2.33. The number of aromatic nitrogens is 2. The molecule has 1 fully saturated rings. The third kappa shape index (κ3) is 5.93. The molecule has 11 nitrogen and oxygen atoms in total. The number of amides is 2. The number of para-hydroxylation sites is 1. The fraction of sp³-hybridized carbons (Fsp3) is 0.370. The van der Waals surface area contributed by atoms with E-state index < -0.39 is 30.0 Å². The number of anilines is 2. The monoisotopic (exact) mass is 522 g/mol. The predicted octanol–water partition coefficient (Wildman–Crippen LogP) is 5.19. The maximum atomic E-state index is 12.7. The summed E-state index contributed by atoms with van der Waals surface area (Å²) in [6, 6.07) is 10.5. The Kier molecular flexibility index (Phi) is 8.25. The van der Waals surface area contributed by atoms with Gasteiger partial charge in [0, 0.05) is 5.56 Å². The van der Waals surface area contributed by atoms with Crippen LogP contribution in [0.25, 0.3) is 11.5 Å². The van der Waals surface area contributed by atoms with E-state index in [1.54, 1.807) is 39.2 Å². The number of carbonyl (C=O) groups excluding carboxylic acids is 2. The number of carbonyl (C=O) groups is 3. The molecule has 3 N–H and O–H groups in total. The van der Waals surface area contributed by atoms with Crippen molar-refractivity contribution in [2.75, 3.05) is 17.7 Å². The predicted molar refractivity (Wildman–Crippen MR) is 138 cm³/mol. The largest absolute Gasteiger partial charge is 0.496 e. The molecule has 1 aliphatic rings. The van der Waals surface area contributed by atoms with Gasteiger partial charge in [-0.2, -0.15) is 0 Å². The van der Waals surface area contributed by atoms with Crippen molar-refractivity contribution in [2.45, 2.75) is 45.6 Å². The SMILES string of the molecule is COc1ccccc1[C@@H](C)OC(=O)Nc1c(C)noc1-c1ccc(NC(=O)[C@H]2CCCC[C@@H]2C(=O)O)cn1. The standard InChI is InChI=1S/C27H30N4O7/c1-15-23(30-27(35)37-16(2)18-8-6-7-11-22(18)36-3)24(38-31-15)21-13-12-17(14-28-21)29-25(32)19-9-4-5-10-20(19)26(33)34/h6-8,11-14,16,19-20H,4-5,9-10H2,1-3H3,(H,29,32)(H,30,35)(H,33,34)/t16-,19+,20+/m1/s1. The number of rotatable bonds is 8. The van der Waals surface area contributed by atoms with Crippen LogP contribution in [0.4, 0.5) is 16.2 Å². The lowest BCUT2D eigenvalue weighted by molar-refractivity contribution is -0.147. The van der Waals surface area contributed by atoms with Gasteiger partial charge in [-0.05, 0) is 44.9 Å². The molecule has 11 heteroatoms. The van der Waals surface area contributed by atoms with Gasteiger partial charge in [0.2, 0.25) is 11.7 Å². The Morgan fingerprint density at radius 3 is 2.50 bits per heavy atom. The molecule has 1 aliphatic carbocycles. The second-order valence-electron chi connectivity index (χ2n) is 9.14. The molecule has 0 saturated heterocycles. The van der Waals surface area contributed by atoms with Gasteiger partial charge in [-0.3, -0.25) is 19.9 Å². The van der Waals surface area contributed by atoms with Crippen LogP contribution in [0.5, 0.6) is 5.75 Å². The summed E-state index contributed by atoms with van der Waals surface area (Å²) in [5.74, 6) is -1.73. The number of pyridine rings is 1. The van der Waals surface area contributed by atoms with Crippen molar-refractivity contribution < 1.29 is 33.5 Å². The highest BCUT2D eigenvalue weighted by molar-refractivity contribution is 5.95. The third-order valence-electron chi connectivity index (χ3n) is 6.63. The first-order chi connectivity index (χ1) is 18.3. The van der Waals surface area contributed by atoms with Gasteiger partial charge in [0.15, 0.2) is 0 Å². The molecule has 200 valence electrons. The number of nitrogens with zero attached hydrogens (tertiary/aromatic N) is 2. The van der Waals surface area contributed by atoms with Gasteiger partial charge >= 0.3 is 12.1 Å². The van der Waals surface area contributed by atoms with Crippen molar-refractivity contribution >= 4 is 29.3 Å². The van der Waals surface area contributed by atoms with E-state index >= 15 is 0 Å². The molecule has 3 atom stereocenters. The van der Waals surface area contributed by atoms with Crippen LogP contribution in [0.2, 0.25) is 0 Å². The molecule has 1 saturated carbocycles. The topological polar surface area (TPSA) is 153 Å². The summed E-state index contributed by atoms with van der Waals surface area (Å²) >= 11 is 0. The molecule has 0 unspecified atom stereocenters. The molecule has 0 bridgehead atoms. The van der Waals surface area contributed by atoms with Gasteiger partial charge in [-0.25, -0.2) is 4.79 Å². The molecule has 4 rings (SSSR count). The van der Waals surface area contributed by atoms with Crippen LogP contribution < -0.4 is 15.4 Å². The van der Waals surface area contributed by atoms with Crippen LogP contribution in [0.15, 0.2) is 47.1 Å². The first kappa shape index (κ1) is 26.6. The molecule has 0 spiro atoms. The van der Waals surface area contributed by atoms with Crippen LogP contribution in [0, 0.1) is 18.8 Å². The summed E-state index contributed by atoms with van der Waals surface area (Å²) in [4.78, 5) is 41.3. The van der Waals surface area contributed by atoms with Crippen LogP contribution in [-0.2, 0) is 14.3 Å². The Hall–Kier alpha value is -4.41. The lowest BCUT2D eigenvalue weighted by Crippen LogP contribution is -2.36. The number of hydrogen-bond donors (Lipinski definition) is 3. The van der Waals surface area contributed by atoms with Crippen molar-refractivity contribution in [1.29, 1.82) is 0 Å². The van der Waals surface area contributed by atoms with E-state index in [0.717, 1.165) is 18.4 Å². The number of aliphatic carboxylic acids is 1. The average Bonchev–Trinajstić information content (AvgIpc) is 3.28. The van der Waals surface area contributed by atoms with E-state index in [1.807, 2.05) is 18.2 Å². The van der Waals surface area contributed by atoms with Crippen molar-refractivity contribution in [3.05, 3.63) is 53.9 Å². The number of carboxylic acids is 1. The number of hydrogen-bond acceptors (Lipinski definition) is 8. The normalized spacial score (nSPS) is 17.8. The number of aryl methyl sites for hydroxylation is 1. The molecule has 38 heavy (non-hydrogen) atoms. The average molecular weight is 523 g/mol. The van der Waals surface area contributed by atoms with Gasteiger partial charge in [0.05, 0.1) is 30.8 Å². The van der Waals surface area contributed by atoms with E-state index in [-0.39, 0.29) is 11.7 Å². The summed E-state index contributed by atoms with van der Waals surface area (Å²) < 4.78 is 16.3. The highest BCUT2D eigenvalue weighted by Gasteiger charge is 2.35. The third-order valence-corrected chi connectivity index (χ3v) is 6.63. The minimum Gasteiger partial charge on any atom is -0.496 e. The van der Waals surface area contributed by atoms with Crippen LogP contribution in [0.1, 0.15) is 50.0 Å². The summed E-state index contributed by atoms with van der Waals surface area (Å²) in [5.41, 5.74) is 2.24. The maximum Gasteiger partial charge on any atom is 0.412 e. The molecule has 0 radical (unpaired) electrons. The Morgan fingerprint density at radius 1 is 1.08 bits per heavy atom. The van der Waals surface area contributed by atoms with Gasteiger partial charge in [0.25, 0.3) is 0 Å². The smallest absolute Gasteiger partial charge is 0.412 e. The van der Waals surface area contributed by atoms with Crippen LogP contribution in [-0.4, -0.2) is 40.3 Å². The van der Waals surface area contributed by atoms with Crippen molar-refractivity contribution in [2.24, 2.45) is 11.8 Å². The van der Waals surface area contributed by atoms with Gasteiger partial charge < -0.3 is 24.4 Å². The Labute approximate surface area is 219 Å². The number of nitrogens with one attached hydrogen (secondary N) is 2. The number of carboxylic acid groups (broad SMARTS) is 1. The van der Waals surface area contributed by atoms with Crippen LogP contribution in [0.3, 0.4) is 0 Å². The van der Waals surface area contributed by atoms with Gasteiger partial charge in [0.1, 0.15) is 28.9 Å². The molecular formula is C27H30N4O7. The summed E-state index contributed by atoms with van der Waals surface area (Å²) in [6.45, 7) is 3.41. The lowest BCUT2D eigenvalue weighted by Gasteiger charge is -2.27. The molecule has 2 heterocycles. The second kappa shape index (κ2) is 11.8. The molecule has 1 aromatic carbocycles. The van der Waals surface area contributed by atoms with Gasteiger partial charge in [-0.1, -0.05) is 36.2 Å². The van der Waals surface area contributed by atoms with E-state index in [4.69, 9.17) is 14.0 Å². The quantitative estimate of drug-likeness (QED) is 0.362. The molecular weight excluding hydrogens is 492 g/mol. The second-order valence-corrected chi connectivity index (χ2v) is 9.14. The Balaban J connectivity index is 1.43. The summed E-state index contributed by atoms with van der Waals surface area (Å²) in [7, 11) is 1.55. The zero-order valence-corrected chi connectivity index (χ0v) is 21.4. The maximum absolute atomic E-state index is 12.7. The Morgan fingerprint density at radius 2 is 1.82 bits per heavy atom. The first-order valence-electron chi connectivity index (χ1n) is 12.4. The van der Waals surface area contributed by atoms with Crippen molar-refractivity contribution in [3.63, 3.8) is 0 Å². The van der Waals surface area contributed by atoms with Gasteiger partial charge in [-0.15, -0.1) is 0 Å². The summed E-state index contributed by atoms with van der Waals surface area (Å²) in [6.07, 6.45) is 2.80. The number of ether oxygens (including phenoxy) is 2. The van der Waals surface area contributed by atoms with Crippen LogP contribution >= 0.6 is 0 Å². The molecule has 3 aromatic rings. The first-order valence-corrected chi connectivity index (χ1v) is 12.4. The molecule has 2 aromatic heterocycles. The highest BCUT2D eigenvalue weighted by atomic mass is 16.6. The molecule has 2 amide bonds. The van der Waals surface area contributed by atoms with Crippen molar-refractivity contribution in [3.8, 4) is 17.2 Å². The van der Waals surface area contributed by atoms with E-state index in [9.17, 15) is 19.5 Å². The minimum absolute atomic E-state index is 0.223.